The van der Waals surface area contributed by atoms with Crippen molar-refractivity contribution in [3.63, 3.8) is 0 Å². The molecule has 3 rings (SSSR count). The molecule has 0 saturated heterocycles. The number of aryl methyl sites for hydroxylation is 1. The maximum absolute atomic E-state index is 8.99. The molecule has 4 nitrogen and oxygen atoms in total. The molecule has 1 aliphatic carbocycles. The third-order valence-electron chi connectivity index (χ3n) is 4.06. The van der Waals surface area contributed by atoms with E-state index >= 15 is 0 Å². The second kappa shape index (κ2) is 5.37. The molecular formula is C15H15BrN4. The van der Waals surface area contributed by atoms with Crippen LogP contribution >= 0.6 is 15.9 Å². The van der Waals surface area contributed by atoms with Crippen LogP contribution in [0.1, 0.15) is 30.1 Å². The van der Waals surface area contributed by atoms with E-state index in [1.165, 1.54) is 5.56 Å². The molecule has 1 aliphatic rings. The van der Waals surface area contributed by atoms with E-state index in [2.05, 4.69) is 44.3 Å². The van der Waals surface area contributed by atoms with Crippen LogP contribution in [-0.4, -0.2) is 14.8 Å². The van der Waals surface area contributed by atoms with Gasteiger partial charge in [0.1, 0.15) is 12.2 Å². The first-order valence-corrected chi connectivity index (χ1v) is 7.47. The van der Waals surface area contributed by atoms with Crippen LogP contribution in [0.15, 0.2) is 35.1 Å². The molecule has 1 aromatic heterocycles. The molecule has 0 amide bonds. The highest BCUT2D eigenvalue weighted by Gasteiger charge is 2.38. The van der Waals surface area contributed by atoms with E-state index in [0.29, 0.717) is 5.92 Å². The Morgan fingerprint density at radius 3 is 2.85 bits per heavy atom. The number of hydrogen-bond acceptors (Lipinski definition) is 3. The van der Waals surface area contributed by atoms with Crippen molar-refractivity contribution in [3.8, 4) is 6.07 Å². The Morgan fingerprint density at radius 1 is 1.45 bits per heavy atom. The average Bonchev–Trinajstić information content (AvgIpc) is 2.79. The van der Waals surface area contributed by atoms with Gasteiger partial charge in [0.2, 0.25) is 0 Å². The van der Waals surface area contributed by atoms with Crippen molar-refractivity contribution in [2.24, 2.45) is 18.9 Å². The summed E-state index contributed by atoms with van der Waals surface area (Å²) in [4.78, 5) is 0. The summed E-state index contributed by atoms with van der Waals surface area (Å²) in [6.45, 7) is 0. The standard InChI is InChI=1S/C15H15BrN4/c1-20-9-18-19-15(20)14(12-5-10(6-12)8-17)11-3-2-4-13(16)7-11/h2-4,7,9-10,12,14H,5-6H2,1H3. The fourth-order valence-electron chi connectivity index (χ4n) is 2.95. The normalized spacial score (nSPS) is 22.9. The van der Waals surface area contributed by atoms with Crippen LogP contribution in [0.2, 0.25) is 0 Å². The first kappa shape index (κ1) is 13.3. The van der Waals surface area contributed by atoms with Gasteiger partial charge in [-0.2, -0.15) is 5.26 Å². The second-order valence-corrected chi connectivity index (χ2v) is 6.31. The van der Waals surface area contributed by atoms with E-state index in [1.54, 1.807) is 6.33 Å². The number of hydrogen-bond donors (Lipinski definition) is 0. The predicted octanol–water partition coefficient (Wildman–Crippen LogP) is 3.26. The van der Waals surface area contributed by atoms with Gasteiger partial charge in [-0.05, 0) is 36.5 Å². The van der Waals surface area contributed by atoms with Crippen LogP contribution in [0.4, 0.5) is 0 Å². The van der Waals surface area contributed by atoms with E-state index in [4.69, 9.17) is 5.26 Å². The molecule has 1 saturated carbocycles. The largest absolute Gasteiger partial charge is 0.320 e. The van der Waals surface area contributed by atoms with Crippen molar-refractivity contribution in [1.82, 2.24) is 14.8 Å². The van der Waals surface area contributed by atoms with E-state index in [9.17, 15) is 0 Å². The van der Waals surface area contributed by atoms with Gasteiger partial charge >= 0.3 is 0 Å². The van der Waals surface area contributed by atoms with Crippen LogP contribution in [0.5, 0.6) is 0 Å². The Hall–Kier alpha value is -1.67. The van der Waals surface area contributed by atoms with Crippen molar-refractivity contribution < 1.29 is 0 Å². The first-order chi connectivity index (χ1) is 9.69. The molecule has 0 N–H and O–H groups in total. The minimum atomic E-state index is 0.197. The summed E-state index contributed by atoms with van der Waals surface area (Å²) in [5.41, 5.74) is 1.23. The zero-order chi connectivity index (χ0) is 14.1. The molecule has 0 aliphatic heterocycles. The van der Waals surface area contributed by atoms with Crippen molar-refractivity contribution in [1.29, 1.82) is 5.26 Å². The Balaban J connectivity index is 1.97. The van der Waals surface area contributed by atoms with Crippen molar-refractivity contribution >= 4 is 15.9 Å². The van der Waals surface area contributed by atoms with Crippen LogP contribution in [0.25, 0.3) is 0 Å². The number of halogens is 1. The lowest BCUT2D eigenvalue weighted by Crippen LogP contribution is -2.30. The van der Waals surface area contributed by atoms with Gasteiger partial charge in [0.05, 0.1) is 6.07 Å². The summed E-state index contributed by atoms with van der Waals surface area (Å²) in [7, 11) is 1.97. The maximum atomic E-state index is 8.99. The highest BCUT2D eigenvalue weighted by Crippen LogP contribution is 2.45. The molecule has 1 unspecified atom stereocenters. The van der Waals surface area contributed by atoms with Crippen LogP contribution in [0, 0.1) is 23.2 Å². The third-order valence-corrected chi connectivity index (χ3v) is 4.55. The van der Waals surface area contributed by atoms with Crippen LogP contribution < -0.4 is 0 Å². The SMILES string of the molecule is Cn1cnnc1C(c1cccc(Br)c1)C1CC(C#N)C1. The molecule has 5 heteroatoms. The van der Waals surface area contributed by atoms with Gasteiger partial charge in [0.25, 0.3) is 0 Å². The lowest BCUT2D eigenvalue weighted by Gasteiger charge is -2.36. The third kappa shape index (κ3) is 2.36. The van der Waals surface area contributed by atoms with E-state index in [-0.39, 0.29) is 11.8 Å². The summed E-state index contributed by atoms with van der Waals surface area (Å²) in [6.07, 6.45) is 3.63. The highest BCUT2D eigenvalue weighted by molar-refractivity contribution is 9.10. The molecule has 20 heavy (non-hydrogen) atoms. The first-order valence-electron chi connectivity index (χ1n) is 6.68. The minimum Gasteiger partial charge on any atom is -0.320 e. The fraction of sp³-hybridized carbons (Fsp3) is 0.400. The van der Waals surface area contributed by atoms with E-state index in [0.717, 1.165) is 23.1 Å². The fourth-order valence-corrected chi connectivity index (χ4v) is 3.36. The molecule has 102 valence electrons. The number of aromatic nitrogens is 3. The predicted molar refractivity (Wildman–Crippen MR) is 78.8 cm³/mol. The molecule has 2 aromatic rings. The van der Waals surface area contributed by atoms with Gasteiger partial charge < -0.3 is 4.57 Å². The minimum absolute atomic E-state index is 0.197. The Kier molecular flexibility index (Phi) is 3.58. The van der Waals surface area contributed by atoms with Gasteiger partial charge in [0, 0.05) is 23.4 Å². The Bertz CT molecular complexity index is 652. The van der Waals surface area contributed by atoms with Gasteiger partial charge in [-0.15, -0.1) is 10.2 Å². The highest BCUT2D eigenvalue weighted by atomic mass is 79.9. The van der Waals surface area contributed by atoms with E-state index < -0.39 is 0 Å². The average molecular weight is 331 g/mol. The number of rotatable bonds is 3. The monoisotopic (exact) mass is 330 g/mol. The van der Waals surface area contributed by atoms with Crippen molar-refractivity contribution in [2.45, 2.75) is 18.8 Å². The second-order valence-electron chi connectivity index (χ2n) is 5.39. The molecule has 1 heterocycles. The van der Waals surface area contributed by atoms with Crippen molar-refractivity contribution in [3.05, 3.63) is 46.5 Å². The smallest absolute Gasteiger partial charge is 0.140 e. The molecule has 1 fully saturated rings. The molecule has 0 bridgehead atoms. The summed E-state index contributed by atoms with van der Waals surface area (Å²) in [5, 5.41) is 17.3. The van der Waals surface area contributed by atoms with Crippen molar-refractivity contribution in [2.75, 3.05) is 0 Å². The zero-order valence-corrected chi connectivity index (χ0v) is 12.8. The molecule has 0 spiro atoms. The summed E-state index contributed by atoms with van der Waals surface area (Å²) in [6, 6.07) is 10.7. The zero-order valence-electron chi connectivity index (χ0n) is 11.2. The topological polar surface area (TPSA) is 54.5 Å². The maximum Gasteiger partial charge on any atom is 0.140 e. The summed E-state index contributed by atoms with van der Waals surface area (Å²) >= 11 is 3.53. The van der Waals surface area contributed by atoms with Gasteiger partial charge in [-0.25, -0.2) is 0 Å². The Morgan fingerprint density at radius 2 is 2.25 bits per heavy atom. The van der Waals surface area contributed by atoms with Crippen LogP contribution in [0.3, 0.4) is 0 Å². The summed E-state index contributed by atoms with van der Waals surface area (Å²) < 4.78 is 3.05. The number of benzene rings is 1. The van der Waals surface area contributed by atoms with Gasteiger partial charge in [0.15, 0.2) is 0 Å². The molecular weight excluding hydrogens is 316 g/mol. The molecule has 0 radical (unpaired) electrons. The number of nitrogens with zero attached hydrogens (tertiary/aromatic N) is 4. The quantitative estimate of drug-likeness (QED) is 0.867. The van der Waals surface area contributed by atoms with E-state index in [1.807, 2.05) is 23.7 Å². The Labute approximate surface area is 126 Å². The van der Waals surface area contributed by atoms with Crippen LogP contribution in [-0.2, 0) is 7.05 Å². The molecule has 1 aromatic carbocycles. The lowest BCUT2D eigenvalue weighted by molar-refractivity contribution is 0.215. The lowest BCUT2D eigenvalue weighted by atomic mass is 9.67. The van der Waals surface area contributed by atoms with Gasteiger partial charge in [-0.3, -0.25) is 0 Å². The van der Waals surface area contributed by atoms with Gasteiger partial charge in [-0.1, -0.05) is 28.1 Å². The molecule has 1 atom stereocenters. The summed E-state index contributed by atoms with van der Waals surface area (Å²) in [5.74, 6) is 1.86. The number of nitriles is 1.